The molecule has 14 rings (SSSR count). The second kappa shape index (κ2) is 11.2. The van der Waals surface area contributed by atoms with Gasteiger partial charge in [0.25, 0.3) is 0 Å². The molecule has 4 saturated carbocycles. The molecule has 56 heavy (non-hydrogen) atoms. The summed E-state index contributed by atoms with van der Waals surface area (Å²) in [7, 11) is 0. The zero-order valence-electron chi connectivity index (χ0n) is 32.2. The molecule has 0 radical (unpaired) electrons. The first-order valence-corrected chi connectivity index (χ1v) is 22.9. The smallest absolute Gasteiger partial charge is 0.333 e. The zero-order valence-corrected chi connectivity index (χ0v) is 33.1. The molecular formula is C52H47BN2S. The molecule has 0 spiro atoms. The maximum absolute atomic E-state index is 2.84. The van der Waals surface area contributed by atoms with Crippen LogP contribution in [0.4, 0.5) is 17.1 Å². The lowest BCUT2D eigenvalue weighted by molar-refractivity contribution is 0.149. The highest BCUT2D eigenvalue weighted by Gasteiger charge is 2.48. The molecule has 1 aromatic heterocycles. The molecule has 0 amide bonds. The molecule has 0 unspecified atom stereocenters. The molecule has 0 atom stereocenters. The highest BCUT2D eigenvalue weighted by atomic mass is 32.2. The third-order valence-corrected chi connectivity index (χ3v) is 17.6. The molecule has 0 saturated heterocycles. The van der Waals surface area contributed by atoms with E-state index < -0.39 is 0 Å². The van der Waals surface area contributed by atoms with Crippen LogP contribution in [0.15, 0.2) is 113 Å². The van der Waals surface area contributed by atoms with Crippen LogP contribution in [0.5, 0.6) is 0 Å². The van der Waals surface area contributed by atoms with E-state index in [0.29, 0.717) is 10.8 Å². The van der Waals surface area contributed by atoms with Gasteiger partial charge in [0.15, 0.2) is 0 Å². The first-order valence-electron chi connectivity index (χ1n) is 22.1. The topological polar surface area (TPSA) is 8.17 Å². The van der Waals surface area contributed by atoms with Gasteiger partial charge in [-0.1, -0.05) is 118 Å². The number of hydrogen-bond acceptors (Lipinski definition) is 2. The summed E-state index contributed by atoms with van der Waals surface area (Å²) in [5.41, 5.74) is 16.8. The van der Waals surface area contributed by atoms with Crippen LogP contribution in [0.3, 0.4) is 0 Å². The SMILES string of the molecule is c1ccc2c(c1)Sc1cccc3c1N2c1cc2ccccc2c2c1B3n1c3ccc(C45CCCC(CCC4)C5)cc3c3cc(C45CCCC(CCC4)C5)cc-2c31. The maximum atomic E-state index is 2.84. The Hall–Kier alpha value is -4.41. The van der Waals surface area contributed by atoms with Crippen molar-refractivity contribution in [2.45, 2.75) is 111 Å². The van der Waals surface area contributed by atoms with Crippen LogP contribution in [-0.2, 0) is 10.8 Å². The van der Waals surface area contributed by atoms with Crippen LogP contribution in [0, 0.1) is 11.8 Å². The third kappa shape index (κ3) is 4.02. The van der Waals surface area contributed by atoms with Crippen LogP contribution in [-0.4, -0.2) is 11.3 Å². The van der Waals surface area contributed by atoms with E-state index in [-0.39, 0.29) is 6.85 Å². The van der Waals surface area contributed by atoms with E-state index in [1.165, 1.54) is 171 Å². The predicted molar refractivity (Wildman–Crippen MR) is 237 cm³/mol. The average molecular weight is 743 g/mol. The molecule has 4 bridgehead atoms. The molecule has 6 aromatic carbocycles. The molecule has 4 heteroatoms. The molecular weight excluding hydrogens is 695 g/mol. The number of fused-ring (bicyclic) bond motifs is 15. The Labute approximate surface area is 334 Å². The van der Waals surface area contributed by atoms with Crippen molar-refractivity contribution in [2.24, 2.45) is 11.8 Å². The van der Waals surface area contributed by atoms with Crippen LogP contribution < -0.4 is 15.8 Å². The van der Waals surface area contributed by atoms with Crippen LogP contribution in [0.25, 0.3) is 43.7 Å². The van der Waals surface area contributed by atoms with Gasteiger partial charge in [-0.05, 0) is 148 Å². The minimum absolute atomic E-state index is 0.102. The summed E-state index contributed by atoms with van der Waals surface area (Å²) in [5.74, 6) is 1.80. The van der Waals surface area contributed by atoms with Crippen LogP contribution in [0.2, 0.25) is 0 Å². The molecule has 4 aliphatic carbocycles. The van der Waals surface area contributed by atoms with Crippen molar-refractivity contribution < 1.29 is 0 Å². The largest absolute Gasteiger partial charge is 0.375 e. The van der Waals surface area contributed by atoms with Crippen molar-refractivity contribution in [3.8, 4) is 11.1 Å². The van der Waals surface area contributed by atoms with E-state index in [1.807, 2.05) is 11.8 Å². The van der Waals surface area contributed by atoms with E-state index in [9.17, 15) is 0 Å². The molecule has 0 N–H and O–H groups in total. The molecule has 2 nitrogen and oxygen atoms in total. The Kier molecular flexibility index (Phi) is 6.31. The summed E-state index contributed by atoms with van der Waals surface area (Å²) in [6.07, 6.45) is 19.5. The average Bonchev–Trinajstić information content (AvgIpc) is 3.56. The second-order valence-corrected chi connectivity index (χ2v) is 20.3. The van der Waals surface area contributed by atoms with E-state index in [2.05, 4.69) is 113 Å². The Morgan fingerprint density at radius 3 is 2.09 bits per heavy atom. The number of anilines is 3. The van der Waals surface area contributed by atoms with E-state index >= 15 is 0 Å². The van der Waals surface area contributed by atoms with Gasteiger partial charge in [0.05, 0.1) is 11.4 Å². The van der Waals surface area contributed by atoms with Gasteiger partial charge < -0.3 is 9.38 Å². The van der Waals surface area contributed by atoms with Gasteiger partial charge in [0, 0.05) is 42.8 Å². The van der Waals surface area contributed by atoms with Gasteiger partial charge >= 0.3 is 6.85 Å². The number of nitrogens with zero attached hydrogens (tertiary/aromatic N) is 2. The summed E-state index contributed by atoms with van der Waals surface area (Å²) >= 11 is 1.95. The van der Waals surface area contributed by atoms with Crippen molar-refractivity contribution in [2.75, 3.05) is 4.90 Å². The number of para-hydroxylation sites is 2. The number of aromatic nitrogens is 1. The molecule has 4 fully saturated rings. The lowest BCUT2D eigenvalue weighted by atomic mass is 9.44. The predicted octanol–water partition coefficient (Wildman–Crippen LogP) is 13.1. The van der Waals surface area contributed by atoms with Crippen molar-refractivity contribution in [1.82, 2.24) is 4.48 Å². The highest BCUT2D eigenvalue weighted by molar-refractivity contribution is 7.99. The standard InChI is InChI=1S/C52H47BN2S/c1-2-15-37-34(14-1)26-44-48-47(37)40-29-36(52-24-8-12-33(31-52)13-9-25-52)28-39-38-27-35(51-22-6-10-32(30-51)11-7-23-51)20-21-42(38)55(49(39)40)53(48)41-16-5-19-46-50(41)54(44)43-17-3-4-18-45(43)56-46/h1-5,14-21,26-29,32-33H,6-13,22-25,30-31H2. The lowest BCUT2D eigenvalue weighted by Crippen LogP contribution is -2.57. The Morgan fingerprint density at radius 1 is 0.589 bits per heavy atom. The van der Waals surface area contributed by atoms with Gasteiger partial charge in [-0.3, -0.25) is 0 Å². The summed E-state index contributed by atoms with van der Waals surface area (Å²) in [5, 5.41) is 5.78. The number of rotatable bonds is 2. The van der Waals surface area contributed by atoms with Crippen LogP contribution >= 0.6 is 11.8 Å². The summed E-state index contributed by atoms with van der Waals surface area (Å²) in [4.78, 5) is 5.36. The Bertz CT molecular complexity index is 2850. The third-order valence-electron chi connectivity index (χ3n) is 16.5. The fraction of sp³-hybridized carbons (Fsp3) is 0.346. The van der Waals surface area contributed by atoms with E-state index in [1.54, 1.807) is 11.1 Å². The second-order valence-electron chi connectivity index (χ2n) is 19.2. The Morgan fingerprint density at radius 2 is 1.29 bits per heavy atom. The zero-order chi connectivity index (χ0) is 36.3. The number of hydrogen-bond donors (Lipinski definition) is 0. The minimum Gasteiger partial charge on any atom is -0.375 e. The van der Waals surface area contributed by atoms with Gasteiger partial charge in [-0.2, -0.15) is 0 Å². The van der Waals surface area contributed by atoms with E-state index in [4.69, 9.17) is 0 Å². The Balaban J connectivity index is 1.13. The van der Waals surface area contributed by atoms with Crippen molar-refractivity contribution >= 4 is 79.2 Å². The van der Waals surface area contributed by atoms with Gasteiger partial charge in [0.2, 0.25) is 0 Å². The number of benzene rings is 6. The van der Waals surface area contributed by atoms with Gasteiger partial charge in [0.1, 0.15) is 0 Å². The maximum Gasteiger partial charge on any atom is 0.333 e. The minimum atomic E-state index is 0.102. The normalized spacial score (nSPS) is 26.6. The van der Waals surface area contributed by atoms with E-state index in [0.717, 1.165) is 11.8 Å². The van der Waals surface area contributed by atoms with Gasteiger partial charge in [-0.25, -0.2) is 0 Å². The first kappa shape index (κ1) is 31.7. The molecule has 3 aliphatic heterocycles. The summed E-state index contributed by atoms with van der Waals surface area (Å²) in [6.45, 7) is 0.102. The lowest BCUT2D eigenvalue weighted by Gasteiger charge is -2.46. The summed E-state index contributed by atoms with van der Waals surface area (Å²) < 4.78 is 2.84. The van der Waals surface area contributed by atoms with Crippen LogP contribution in [0.1, 0.15) is 101 Å². The fourth-order valence-electron chi connectivity index (χ4n) is 14.3. The quantitative estimate of drug-likeness (QED) is 0.163. The summed E-state index contributed by atoms with van der Waals surface area (Å²) in [6, 6.07) is 41.6. The first-order chi connectivity index (χ1) is 27.7. The highest BCUT2D eigenvalue weighted by Crippen LogP contribution is 2.58. The fourth-order valence-corrected chi connectivity index (χ4v) is 15.4. The van der Waals surface area contributed by atoms with Crippen molar-refractivity contribution in [1.29, 1.82) is 0 Å². The molecule has 274 valence electrons. The monoisotopic (exact) mass is 742 g/mol. The molecule has 7 aliphatic rings. The van der Waals surface area contributed by atoms with Crippen molar-refractivity contribution in [3.05, 3.63) is 114 Å². The van der Waals surface area contributed by atoms with Crippen molar-refractivity contribution in [3.63, 3.8) is 0 Å². The molecule has 4 heterocycles. The van der Waals surface area contributed by atoms with Gasteiger partial charge in [-0.15, -0.1) is 0 Å². The molecule has 7 aromatic rings.